The second kappa shape index (κ2) is 5.46. The summed E-state index contributed by atoms with van der Waals surface area (Å²) in [6.07, 6.45) is 2.27. The molecule has 0 saturated heterocycles. The first kappa shape index (κ1) is 15.5. The summed E-state index contributed by atoms with van der Waals surface area (Å²) in [5.41, 5.74) is 0.0448. The highest BCUT2D eigenvalue weighted by Crippen LogP contribution is 2.51. The molecule has 0 amide bonds. The normalized spacial score (nSPS) is 22.0. The topological polar surface area (TPSA) is 44.0 Å². The molecule has 1 aromatic carbocycles. The number of nitriles is 1. The van der Waals surface area contributed by atoms with E-state index in [1.165, 1.54) is 12.1 Å². The molecule has 0 bridgehead atoms. The lowest BCUT2D eigenvalue weighted by molar-refractivity contribution is 0.00910. The fraction of sp³-hybridized carbons (Fsp3) is 0.562. The van der Waals surface area contributed by atoms with Crippen molar-refractivity contribution in [1.29, 1.82) is 5.26 Å². The third-order valence-corrected chi connectivity index (χ3v) is 5.19. The van der Waals surface area contributed by atoms with Crippen molar-refractivity contribution in [2.24, 2.45) is 10.8 Å². The monoisotopic (exact) mass is 339 g/mol. The van der Waals surface area contributed by atoms with Gasteiger partial charge in [-0.25, -0.2) is 4.39 Å². The average molecular weight is 340 g/mol. The fourth-order valence-electron chi connectivity index (χ4n) is 2.84. The van der Waals surface area contributed by atoms with Gasteiger partial charge in [-0.05, 0) is 48.8 Å². The molecule has 0 aliphatic heterocycles. The Hall–Kier alpha value is -0.920. The molecular weight excluding hydrogens is 321 g/mol. The minimum atomic E-state index is -0.890. The Morgan fingerprint density at radius 1 is 1.30 bits per heavy atom. The highest BCUT2D eigenvalue weighted by molar-refractivity contribution is 9.10. The summed E-state index contributed by atoms with van der Waals surface area (Å²) in [6, 6.07) is 6.54. The zero-order valence-electron chi connectivity index (χ0n) is 11.8. The quantitative estimate of drug-likeness (QED) is 0.846. The Kier molecular flexibility index (Phi) is 4.22. The van der Waals surface area contributed by atoms with Crippen molar-refractivity contribution in [3.63, 3.8) is 0 Å². The van der Waals surface area contributed by atoms with E-state index in [2.05, 4.69) is 35.8 Å². The molecule has 0 spiro atoms. The first-order valence-corrected chi connectivity index (χ1v) is 7.63. The van der Waals surface area contributed by atoms with Crippen LogP contribution < -0.4 is 0 Å². The smallest absolute Gasteiger partial charge is 0.124 e. The summed E-state index contributed by atoms with van der Waals surface area (Å²) in [7, 11) is 0. The van der Waals surface area contributed by atoms with Crippen molar-refractivity contribution in [3.8, 4) is 6.07 Å². The van der Waals surface area contributed by atoms with Crippen LogP contribution in [-0.4, -0.2) is 5.11 Å². The minimum Gasteiger partial charge on any atom is -0.387 e. The van der Waals surface area contributed by atoms with E-state index in [1.54, 1.807) is 6.07 Å². The van der Waals surface area contributed by atoms with Crippen LogP contribution in [0.15, 0.2) is 22.7 Å². The van der Waals surface area contributed by atoms with Crippen LogP contribution in [0.1, 0.15) is 51.2 Å². The fourth-order valence-corrected chi connectivity index (χ4v) is 3.41. The van der Waals surface area contributed by atoms with Gasteiger partial charge >= 0.3 is 0 Å². The van der Waals surface area contributed by atoms with Crippen LogP contribution in [0.4, 0.5) is 4.39 Å². The van der Waals surface area contributed by atoms with Crippen LogP contribution in [0.2, 0.25) is 0 Å². The van der Waals surface area contributed by atoms with Gasteiger partial charge in [-0.15, -0.1) is 0 Å². The maximum Gasteiger partial charge on any atom is 0.124 e. The zero-order chi connectivity index (χ0) is 15.0. The summed E-state index contributed by atoms with van der Waals surface area (Å²) in [6.45, 7) is 4.38. The molecule has 1 saturated carbocycles. The molecule has 0 heterocycles. The van der Waals surface area contributed by atoms with Crippen molar-refractivity contribution in [1.82, 2.24) is 0 Å². The summed E-state index contributed by atoms with van der Waals surface area (Å²) in [4.78, 5) is 0. The molecular formula is C16H19BrFNO. The molecule has 2 rings (SSSR count). The van der Waals surface area contributed by atoms with Gasteiger partial charge in [0.2, 0.25) is 0 Å². The maximum atomic E-state index is 13.2. The predicted molar refractivity (Wildman–Crippen MR) is 79.4 cm³/mol. The van der Waals surface area contributed by atoms with Crippen molar-refractivity contribution < 1.29 is 9.50 Å². The van der Waals surface area contributed by atoms with Crippen LogP contribution in [-0.2, 0) is 0 Å². The standard InChI is InChI=1S/C16H19BrFNO/c1-15(2)5-7-16(10-19,8-6-15)14(20)12-4-3-11(18)9-13(12)17/h3-4,9,14,20H,5-8H2,1-2H3. The molecule has 1 aliphatic carbocycles. The molecule has 1 unspecified atom stereocenters. The van der Waals surface area contributed by atoms with Gasteiger partial charge in [-0.1, -0.05) is 35.8 Å². The Balaban J connectivity index is 2.31. The third-order valence-electron chi connectivity index (χ3n) is 4.50. The van der Waals surface area contributed by atoms with Gasteiger partial charge in [0, 0.05) is 4.47 Å². The van der Waals surface area contributed by atoms with E-state index in [4.69, 9.17) is 0 Å². The summed E-state index contributed by atoms with van der Waals surface area (Å²) >= 11 is 3.28. The lowest BCUT2D eigenvalue weighted by atomic mass is 9.62. The summed E-state index contributed by atoms with van der Waals surface area (Å²) in [5.74, 6) is -0.358. The number of hydrogen-bond donors (Lipinski definition) is 1. The Morgan fingerprint density at radius 2 is 1.90 bits per heavy atom. The van der Waals surface area contributed by atoms with E-state index in [0.717, 1.165) is 12.8 Å². The number of benzene rings is 1. The third kappa shape index (κ3) is 2.89. The minimum absolute atomic E-state index is 0.222. The second-order valence-corrected chi connectivity index (χ2v) is 7.35. The van der Waals surface area contributed by atoms with E-state index in [9.17, 15) is 14.8 Å². The zero-order valence-corrected chi connectivity index (χ0v) is 13.4. The Labute approximate surface area is 127 Å². The first-order chi connectivity index (χ1) is 9.30. The van der Waals surface area contributed by atoms with E-state index in [-0.39, 0.29) is 11.2 Å². The summed E-state index contributed by atoms with van der Waals surface area (Å²) in [5, 5.41) is 20.3. The number of hydrogen-bond acceptors (Lipinski definition) is 2. The lowest BCUT2D eigenvalue weighted by Gasteiger charge is -2.42. The largest absolute Gasteiger partial charge is 0.387 e. The van der Waals surface area contributed by atoms with Gasteiger partial charge in [-0.2, -0.15) is 5.26 Å². The van der Waals surface area contributed by atoms with Crippen LogP contribution in [0, 0.1) is 28.0 Å². The maximum absolute atomic E-state index is 13.2. The highest BCUT2D eigenvalue weighted by atomic mass is 79.9. The molecule has 1 aromatic rings. The van der Waals surface area contributed by atoms with E-state index in [0.29, 0.717) is 22.9 Å². The van der Waals surface area contributed by atoms with Gasteiger partial charge < -0.3 is 5.11 Å². The van der Waals surface area contributed by atoms with Crippen molar-refractivity contribution in [2.45, 2.75) is 45.6 Å². The molecule has 1 N–H and O–H groups in total. The summed E-state index contributed by atoms with van der Waals surface area (Å²) < 4.78 is 13.7. The molecule has 20 heavy (non-hydrogen) atoms. The van der Waals surface area contributed by atoms with Gasteiger partial charge in [0.15, 0.2) is 0 Å². The SMILES string of the molecule is CC1(C)CCC(C#N)(C(O)c2ccc(F)cc2Br)CC1. The molecule has 2 nitrogen and oxygen atoms in total. The van der Waals surface area contributed by atoms with Crippen LogP contribution in [0.3, 0.4) is 0 Å². The molecule has 1 atom stereocenters. The van der Waals surface area contributed by atoms with Crippen molar-refractivity contribution >= 4 is 15.9 Å². The van der Waals surface area contributed by atoms with Crippen LogP contribution >= 0.6 is 15.9 Å². The predicted octanol–water partition coefficient (Wildman–Crippen LogP) is 4.73. The Bertz CT molecular complexity index is 540. The van der Waals surface area contributed by atoms with Crippen molar-refractivity contribution in [3.05, 3.63) is 34.1 Å². The average Bonchev–Trinajstić information content (AvgIpc) is 2.39. The molecule has 0 radical (unpaired) electrons. The van der Waals surface area contributed by atoms with Gasteiger partial charge in [0.25, 0.3) is 0 Å². The van der Waals surface area contributed by atoms with E-state index < -0.39 is 11.5 Å². The number of aliphatic hydroxyl groups is 1. The van der Waals surface area contributed by atoms with Gasteiger partial charge in [0.1, 0.15) is 5.82 Å². The molecule has 1 aliphatic rings. The molecule has 0 aromatic heterocycles. The first-order valence-electron chi connectivity index (χ1n) is 6.84. The second-order valence-electron chi connectivity index (χ2n) is 6.50. The number of rotatable bonds is 2. The molecule has 4 heteroatoms. The highest BCUT2D eigenvalue weighted by Gasteiger charge is 2.44. The van der Waals surface area contributed by atoms with E-state index in [1.807, 2.05) is 0 Å². The number of halogens is 2. The van der Waals surface area contributed by atoms with Crippen LogP contribution in [0.25, 0.3) is 0 Å². The van der Waals surface area contributed by atoms with Gasteiger partial charge in [0.05, 0.1) is 17.6 Å². The van der Waals surface area contributed by atoms with Gasteiger partial charge in [-0.3, -0.25) is 0 Å². The lowest BCUT2D eigenvalue weighted by Crippen LogP contribution is -2.35. The van der Waals surface area contributed by atoms with Crippen LogP contribution in [0.5, 0.6) is 0 Å². The molecule has 1 fully saturated rings. The number of aliphatic hydroxyl groups excluding tert-OH is 1. The Morgan fingerprint density at radius 3 is 2.40 bits per heavy atom. The number of nitrogens with zero attached hydrogens (tertiary/aromatic N) is 1. The van der Waals surface area contributed by atoms with E-state index >= 15 is 0 Å². The van der Waals surface area contributed by atoms with Crippen molar-refractivity contribution in [2.75, 3.05) is 0 Å². The molecule has 108 valence electrons.